The molecule has 2 unspecified atom stereocenters. The average Bonchev–Trinajstić information content (AvgIpc) is 3.77. The Labute approximate surface area is 353 Å². The maximum atomic E-state index is 5.16. The normalized spacial score (nSPS) is 16.9. The lowest BCUT2D eigenvalue weighted by atomic mass is 9.89. The summed E-state index contributed by atoms with van der Waals surface area (Å²) in [6, 6.07) is 18.0. The van der Waals surface area contributed by atoms with Gasteiger partial charge in [-0.1, -0.05) is 262 Å². The van der Waals surface area contributed by atoms with E-state index in [1.54, 1.807) is 0 Å². The van der Waals surface area contributed by atoms with E-state index in [0.29, 0.717) is 11.8 Å². The van der Waals surface area contributed by atoms with E-state index >= 15 is 0 Å². The molecule has 0 aliphatic carbocycles. The van der Waals surface area contributed by atoms with Crippen molar-refractivity contribution in [3.05, 3.63) is 83.6 Å². The lowest BCUT2D eigenvalue weighted by molar-refractivity contribution is -0.513. The van der Waals surface area contributed by atoms with Gasteiger partial charge in [0.2, 0.25) is 0 Å². The average molecular weight is 778 g/mol. The number of hydrogen-bond acceptors (Lipinski definition) is 1. The Hall–Kier alpha value is -2.45. The van der Waals surface area contributed by atoms with Crippen LogP contribution in [0, 0.1) is 0 Å². The maximum absolute atomic E-state index is 5.16. The minimum absolute atomic E-state index is 0.438. The number of para-hydroxylation sites is 2. The molecule has 0 amide bonds. The van der Waals surface area contributed by atoms with Gasteiger partial charge in [0.05, 0.1) is 11.6 Å². The van der Waals surface area contributed by atoms with Crippen LogP contribution in [0.5, 0.6) is 0 Å². The van der Waals surface area contributed by atoms with E-state index in [0.717, 1.165) is 0 Å². The molecule has 0 saturated carbocycles. The van der Waals surface area contributed by atoms with Crippen LogP contribution in [-0.2, 0) is 0 Å². The molecule has 0 fully saturated rings. The standard InChI is InChI=1S/C55H88N2/c1-3-5-7-9-11-13-15-17-19-21-23-25-27-29-31-33-40-48-50-42-35-37-44-52(50)56-54(48)46-39-47-55-49(51-43-36-38-45-53(51)57-55)41-34-32-30-28-26-24-22-20-18-16-14-12-10-8-6-4-2/h35-39,42-49,56H,3-34,40-41H2,1-2H3/p+1/b47-39+,54-46-. The molecular weight excluding hydrogens is 689 g/mol. The molecule has 2 N–H and O–H groups in total. The van der Waals surface area contributed by atoms with Gasteiger partial charge in [-0.25, -0.2) is 0 Å². The summed E-state index contributed by atoms with van der Waals surface area (Å²) in [6.45, 7) is 4.62. The number of allylic oxidation sites excluding steroid dienone is 4. The predicted molar refractivity (Wildman–Crippen MR) is 253 cm³/mol. The number of nitrogens with two attached hydrogens (primary N) is 1. The second kappa shape index (κ2) is 31.5. The van der Waals surface area contributed by atoms with Crippen molar-refractivity contribution >= 4 is 17.1 Å². The van der Waals surface area contributed by atoms with Gasteiger partial charge in [0, 0.05) is 17.2 Å². The van der Waals surface area contributed by atoms with Crippen LogP contribution in [0.4, 0.5) is 11.4 Å². The SMILES string of the molecule is CCCCCCCCCCCCCCCCCCC1C(/C=C/C=C2\[NH2+]c3ccccc3C2CCCCCCCCCCCCCCCCCC)=Nc2ccccc21. The molecule has 2 heteroatoms. The molecule has 2 aromatic carbocycles. The van der Waals surface area contributed by atoms with Gasteiger partial charge < -0.3 is 0 Å². The molecule has 0 saturated heterocycles. The first-order valence-electron chi connectivity index (χ1n) is 25.3. The minimum Gasteiger partial charge on any atom is -0.284 e. The maximum Gasteiger partial charge on any atom is 0.138 e. The second-order valence-corrected chi connectivity index (χ2v) is 18.2. The van der Waals surface area contributed by atoms with Crippen LogP contribution in [0.25, 0.3) is 0 Å². The van der Waals surface area contributed by atoms with E-state index in [-0.39, 0.29) is 0 Å². The third-order valence-corrected chi connectivity index (χ3v) is 13.3. The highest BCUT2D eigenvalue weighted by molar-refractivity contribution is 6.05. The molecule has 2 heterocycles. The molecule has 318 valence electrons. The number of aliphatic imine (C=N–C) groups is 1. The van der Waals surface area contributed by atoms with Crippen molar-refractivity contribution < 1.29 is 5.32 Å². The van der Waals surface area contributed by atoms with Gasteiger partial charge in [0.15, 0.2) is 0 Å². The summed E-state index contributed by atoms with van der Waals surface area (Å²) in [4.78, 5) is 5.16. The lowest BCUT2D eigenvalue weighted by Gasteiger charge is -2.13. The molecule has 0 aromatic heterocycles. The highest BCUT2D eigenvalue weighted by atomic mass is 14.9. The van der Waals surface area contributed by atoms with Gasteiger partial charge in [-0.05, 0) is 42.7 Å². The fourth-order valence-corrected chi connectivity index (χ4v) is 9.67. The number of benzene rings is 2. The van der Waals surface area contributed by atoms with Crippen molar-refractivity contribution in [1.82, 2.24) is 0 Å². The van der Waals surface area contributed by atoms with E-state index in [2.05, 4.69) is 85.9 Å². The largest absolute Gasteiger partial charge is 0.284 e. The number of rotatable bonds is 36. The van der Waals surface area contributed by atoms with Gasteiger partial charge in [-0.15, -0.1) is 0 Å². The molecule has 0 radical (unpaired) electrons. The van der Waals surface area contributed by atoms with Crippen molar-refractivity contribution in [2.45, 2.75) is 244 Å². The van der Waals surface area contributed by atoms with Crippen LogP contribution >= 0.6 is 0 Å². The molecule has 2 aromatic rings. The Balaban J connectivity index is 1.10. The molecule has 2 aliphatic rings. The van der Waals surface area contributed by atoms with Gasteiger partial charge >= 0.3 is 0 Å². The van der Waals surface area contributed by atoms with Crippen molar-refractivity contribution in [3.63, 3.8) is 0 Å². The highest BCUT2D eigenvalue weighted by Crippen LogP contribution is 2.39. The zero-order chi connectivity index (χ0) is 39.9. The van der Waals surface area contributed by atoms with Crippen LogP contribution in [-0.4, -0.2) is 5.71 Å². The van der Waals surface area contributed by atoms with Gasteiger partial charge in [-0.3, -0.25) is 10.3 Å². The van der Waals surface area contributed by atoms with Crippen LogP contribution in [0.3, 0.4) is 0 Å². The first-order chi connectivity index (χ1) is 28.3. The number of quaternary nitrogens is 1. The monoisotopic (exact) mass is 778 g/mol. The van der Waals surface area contributed by atoms with E-state index in [4.69, 9.17) is 4.99 Å². The number of hydrogen-bond donors (Lipinski definition) is 1. The summed E-state index contributed by atoms with van der Waals surface area (Å²) in [5.41, 5.74) is 8.33. The first kappa shape index (κ1) is 47.2. The quantitative estimate of drug-likeness (QED) is 0.0527. The van der Waals surface area contributed by atoms with Crippen LogP contribution < -0.4 is 5.32 Å². The molecular formula is C55H89N2+. The molecule has 4 rings (SSSR count). The molecule has 0 spiro atoms. The lowest BCUT2D eigenvalue weighted by Crippen LogP contribution is -2.73. The van der Waals surface area contributed by atoms with Crippen molar-refractivity contribution in [2.24, 2.45) is 4.99 Å². The van der Waals surface area contributed by atoms with Crippen molar-refractivity contribution in [3.8, 4) is 0 Å². The van der Waals surface area contributed by atoms with Crippen LogP contribution in [0.2, 0.25) is 0 Å². The Bertz CT molecular complexity index is 1380. The molecule has 2 atom stereocenters. The first-order valence-corrected chi connectivity index (χ1v) is 25.3. The summed E-state index contributed by atoms with van der Waals surface area (Å²) in [5.74, 6) is 0.967. The minimum atomic E-state index is 0.438. The summed E-state index contributed by atoms with van der Waals surface area (Å²) < 4.78 is 0. The summed E-state index contributed by atoms with van der Waals surface area (Å²) in [7, 11) is 0. The van der Waals surface area contributed by atoms with E-state index < -0.39 is 0 Å². The Morgan fingerprint density at radius 3 is 1.30 bits per heavy atom. The summed E-state index contributed by atoms with van der Waals surface area (Å²) in [5, 5.41) is 2.45. The van der Waals surface area contributed by atoms with Crippen LogP contribution in [0.1, 0.15) is 255 Å². The third-order valence-electron chi connectivity index (χ3n) is 13.3. The van der Waals surface area contributed by atoms with Crippen molar-refractivity contribution in [1.29, 1.82) is 0 Å². The smallest absolute Gasteiger partial charge is 0.138 e. The Morgan fingerprint density at radius 2 is 0.825 bits per heavy atom. The Kier molecular flexibility index (Phi) is 26.1. The van der Waals surface area contributed by atoms with Gasteiger partial charge in [0.1, 0.15) is 11.4 Å². The van der Waals surface area contributed by atoms with Crippen molar-refractivity contribution in [2.75, 3.05) is 0 Å². The van der Waals surface area contributed by atoms with Gasteiger partial charge in [-0.2, -0.15) is 0 Å². The third kappa shape index (κ3) is 19.4. The molecule has 0 bridgehead atoms. The van der Waals surface area contributed by atoms with E-state index in [9.17, 15) is 0 Å². The summed E-state index contributed by atoms with van der Waals surface area (Å²) in [6.07, 6.45) is 55.1. The molecule has 2 aliphatic heterocycles. The second-order valence-electron chi connectivity index (χ2n) is 18.2. The zero-order valence-corrected chi connectivity index (χ0v) is 37.6. The Morgan fingerprint density at radius 1 is 0.439 bits per heavy atom. The highest BCUT2D eigenvalue weighted by Gasteiger charge is 2.31. The van der Waals surface area contributed by atoms with Gasteiger partial charge in [0.25, 0.3) is 0 Å². The number of unbranched alkanes of at least 4 members (excludes halogenated alkanes) is 30. The molecule has 57 heavy (non-hydrogen) atoms. The molecule has 2 nitrogen and oxygen atoms in total. The number of fused-ring (bicyclic) bond motifs is 2. The topological polar surface area (TPSA) is 29.0 Å². The van der Waals surface area contributed by atoms with E-state index in [1.165, 1.54) is 252 Å². The zero-order valence-electron chi connectivity index (χ0n) is 37.6. The number of nitrogens with zero attached hydrogens (tertiary/aromatic N) is 1. The van der Waals surface area contributed by atoms with E-state index in [1.807, 2.05) is 0 Å². The fraction of sp³-hybridized carbons (Fsp3) is 0.691. The fourth-order valence-electron chi connectivity index (χ4n) is 9.67. The predicted octanol–water partition coefficient (Wildman–Crippen LogP) is 17.6. The van der Waals surface area contributed by atoms with Crippen LogP contribution in [0.15, 0.2) is 77.4 Å². The summed E-state index contributed by atoms with van der Waals surface area (Å²) >= 11 is 0.